The van der Waals surface area contributed by atoms with Crippen LogP contribution in [-0.2, 0) is 14.4 Å². The Bertz CT molecular complexity index is 599. The molecule has 1 aromatic rings. The van der Waals surface area contributed by atoms with Gasteiger partial charge < -0.3 is 15.5 Å². The first-order valence-electron chi connectivity index (χ1n) is 7.51. The molecule has 0 bridgehead atoms. The number of hydrogen-bond donors (Lipinski definition) is 2. The topological polar surface area (TPSA) is 79.8 Å². The summed E-state index contributed by atoms with van der Waals surface area (Å²) in [6, 6.07) is 7.29. The van der Waals surface area contributed by atoms with E-state index in [-0.39, 0.29) is 30.8 Å². The summed E-state index contributed by atoms with van der Waals surface area (Å²) in [5.74, 6) is -0.360. The minimum Gasteiger partial charge on any atom is -0.382 e. The van der Waals surface area contributed by atoms with Crippen LogP contribution in [0.1, 0.15) is 32.3 Å². The molecule has 6 nitrogen and oxygen atoms in total. The number of oxime groups is 1. The molecule has 1 aliphatic rings. The summed E-state index contributed by atoms with van der Waals surface area (Å²) in [5, 5.41) is 10.0. The van der Waals surface area contributed by atoms with Crippen LogP contribution in [0.4, 0.5) is 0 Å². The van der Waals surface area contributed by atoms with Crippen LogP contribution in [0.2, 0.25) is 5.02 Å². The van der Waals surface area contributed by atoms with Crippen LogP contribution in [-0.4, -0.2) is 36.2 Å². The quantitative estimate of drug-likeness (QED) is 0.831. The van der Waals surface area contributed by atoms with Gasteiger partial charge >= 0.3 is 0 Å². The van der Waals surface area contributed by atoms with E-state index < -0.39 is 6.10 Å². The van der Waals surface area contributed by atoms with Gasteiger partial charge in [-0.1, -0.05) is 28.9 Å². The molecule has 1 unspecified atom stereocenters. The lowest BCUT2D eigenvalue weighted by Gasteiger charge is -2.11. The standard InChI is InChI=1S/C16H20ClN3O3/c1-10(2)19-15(21)7-8-18-16(22)14-9-13(20-23-14)11-3-5-12(17)6-4-11/h3-6,10,14H,7-9H2,1-2H3,(H,18,22)(H,19,21). The summed E-state index contributed by atoms with van der Waals surface area (Å²) in [5.41, 5.74) is 1.58. The molecular formula is C16H20ClN3O3. The number of carbonyl (C=O) groups is 2. The first-order chi connectivity index (χ1) is 11.0. The van der Waals surface area contributed by atoms with E-state index in [0.717, 1.165) is 5.56 Å². The number of halogens is 1. The minimum absolute atomic E-state index is 0.0895. The van der Waals surface area contributed by atoms with Crippen molar-refractivity contribution in [2.24, 2.45) is 5.16 Å². The first kappa shape index (κ1) is 17.3. The number of hydrogen-bond acceptors (Lipinski definition) is 4. The number of nitrogens with one attached hydrogen (secondary N) is 2. The summed E-state index contributed by atoms with van der Waals surface area (Å²) < 4.78 is 0. The highest BCUT2D eigenvalue weighted by molar-refractivity contribution is 6.30. The lowest BCUT2D eigenvalue weighted by atomic mass is 10.0. The Kier molecular flexibility index (Phi) is 5.98. The van der Waals surface area contributed by atoms with Crippen molar-refractivity contribution in [3.05, 3.63) is 34.9 Å². The fourth-order valence-corrected chi connectivity index (χ4v) is 2.26. The summed E-state index contributed by atoms with van der Waals surface area (Å²) >= 11 is 5.84. The molecule has 0 spiro atoms. The minimum atomic E-state index is -0.658. The van der Waals surface area contributed by atoms with Crippen molar-refractivity contribution in [2.75, 3.05) is 6.54 Å². The van der Waals surface area contributed by atoms with Crippen molar-refractivity contribution < 1.29 is 14.4 Å². The van der Waals surface area contributed by atoms with Crippen LogP contribution in [0.5, 0.6) is 0 Å². The number of carbonyl (C=O) groups excluding carboxylic acids is 2. The molecule has 23 heavy (non-hydrogen) atoms. The van der Waals surface area contributed by atoms with Crippen molar-refractivity contribution in [1.29, 1.82) is 0 Å². The molecule has 0 aromatic heterocycles. The van der Waals surface area contributed by atoms with E-state index in [4.69, 9.17) is 16.4 Å². The fraction of sp³-hybridized carbons (Fsp3) is 0.438. The van der Waals surface area contributed by atoms with E-state index in [1.807, 2.05) is 26.0 Å². The molecule has 2 rings (SSSR count). The third-order valence-electron chi connectivity index (χ3n) is 3.24. The van der Waals surface area contributed by atoms with Gasteiger partial charge in [0.25, 0.3) is 5.91 Å². The molecular weight excluding hydrogens is 318 g/mol. The van der Waals surface area contributed by atoms with Gasteiger partial charge in [0.05, 0.1) is 5.71 Å². The van der Waals surface area contributed by atoms with E-state index in [9.17, 15) is 9.59 Å². The Labute approximate surface area is 140 Å². The van der Waals surface area contributed by atoms with E-state index in [0.29, 0.717) is 17.2 Å². The van der Waals surface area contributed by atoms with Gasteiger partial charge in [0.15, 0.2) is 0 Å². The predicted octanol–water partition coefficient (Wildman–Crippen LogP) is 1.86. The van der Waals surface area contributed by atoms with Gasteiger partial charge in [0.1, 0.15) is 0 Å². The zero-order valence-corrected chi connectivity index (χ0v) is 13.9. The van der Waals surface area contributed by atoms with E-state index in [2.05, 4.69) is 15.8 Å². The van der Waals surface area contributed by atoms with Gasteiger partial charge in [-0.25, -0.2) is 0 Å². The zero-order chi connectivity index (χ0) is 16.8. The predicted molar refractivity (Wildman–Crippen MR) is 88.4 cm³/mol. The molecule has 1 aliphatic heterocycles. The highest BCUT2D eigenvalue weighted by atomic mass is 35.5. The molecule has 124 valence electrons. The van der Waals surface area contributed by atoms with Gasteiger partial charge in [-0.15, -0.1) is 0 Å². The highest BCUT2D eigenvalue weighted by Crippen LogP contribution is 2.18. The molecule has 0 aliphatic carbocycles. The van der Waals surface area contributed by atoms with E-state index in [1.165, 1.54) is 0 Å². The van der Waals surface area contributed by atoms with Gasteiger partial charge in [-0.3, -0.25) is 9.59 Å². The van der Waals surface area contributed by atoms with Crippen LogP contribution in [0.15, 0.2) is 29.4 Å². The van der Waals surface area contributed by atoms with Gasteiger partial charge in [0, 0.05) is 30.5 Å². The Morgan fingerprint density at radius 3 is 2.70 bits per heavy atom. The normalized spacial score (nSPS) is 16.7. The highest BCUT2D eigenvalue weighted by Gasteiger charge is 2.28. The summed E-state index contributed by atoms with van der Waals surface area (Å²) in [6.45, 7) is 4.05. The molecule has 0 radical (unpaired) electrons. The second-order valence-corrected chi connectivity index (χ2v) is 6.04. The second-order valence-electron chi connectivity index (χ2n) is 5.61. The second kappa shape index (κ2) is 7.97. The SMILES string of the molecule is CC(C)NC(=O)CCNC(=O)C1CC(c2ccc(Cl)cc2)=NO1. The third-order valence-corrected chi connectivity index (χ3v) is 3.49. The Morgan fingerprint density at radius 1 is 1.35 bits per heavy atom. The van der Waals surface area contributed by atoms with Crippen molar-refractivity contribution in [3.63, 3.8) is 0 Å². The van der Waals surface area contributed by atoms with Crippen LogP contribution >= 0.6 is 11.6 Å². The van der Waals surface area contributed by atoms with Crippen molar-refractivity contribution in [2.45, 2.75) is 38.8 Å². The lowest BCUT2D eigenvalue weighted by Crippen LogP contribution is -2.38. The lowest BCUT2D eigenvalue weighted by molar-refractivity contribution is -0.131. The molecule has 0 fully saturated rings. The molecule has 2 amide bonds. The Morgan fingerprint density at radius 2 is 2.04 bits per heavy atom. The average Bonchev–Trinajstić information content (AvgIpc) is 2.97. The van der Waals surface area contributed by atoms with Crippen LogP contribution in [0.25, 0.3) is 0 Å². The van der Waals surface area contributed by atoms with Crippen molar-refractivity contribution in [1.82, 2.24) is 10.6 Å². The fourth-order valence-electron chi connectivity index (χ4n) is 2.14. The number of benzene rings is 1. The Balaban J connectivity index is 1.76. The van der Waals surface area contributed by atoms with Crippen molar-refractivity contribution in [3.8, 4) is 0 Å². The zero-order valence-electron chi connectivity index (χ0n) is 13.1. The van der Waals surface area contributed by atoms with E-state index >= 15 is 0 Å². The first-order valence-corrected chi connectivity index (χ1v) is 7.89. The molecule has 0 saturated carbocycles. The molecule has 0 saturated heterocycles. The van der Waals surface area contributed by atoms with Crippen LogP contribution in [0.3, 0.4) is 0 Å². The third kappa shape index (κ3) is 5.25. The number of rotatable bonds is 6. The largest absolute Gasteiger partial charge is 0.382 e. The summed E-state index contributed by atoms with van der Waals surface area (Å²) in [4.78, 5) is 28.7. The smallest absolute Gasteiger partial charge is 0.264 e. The average molecular weight is 338 g/mol. The van der Waals surface area contributed by atoms with E-state index in [1.54, 1.807) is 12.1 Å². The van der Waals surface area contributed by atoms with Crippen LogP contribution in [0, 0.1) is 0 Å². The molecule has 2 N–H and O–H groups in total. The monoisotopic (exact) mass is 337 g/mol. The molecule has 1 atom stereocenters. The summed E-state index contributed by atoms with van der Waals surface area (Å²) in [7, 11) is 0. The van der Waals surface area contributed by atoms with Gasteiger partial charge in [-0.05, 0) is 31.5 Å². The molecule has 1 heterocycles. The molecule has 1 aromatic carbocycles. The maximum absolute atomic E-state index is 12.0. The van der Waals surface area contributed by atoms with Crippen molar-refractivity contribution >= 4 is 29.1 Å². The van der Waals surface area contributed by atoms with Crippen LogP contribution < -0.4 is 10.6 Å². The maximum atomic E-state index is 12.0. The maximum Gasteiger partial charge on any atom is 0.264 e. The van der Waals surface area contributed by atoms with Gasteiger partial charge in [-0.2, -0.15) is 0 Å². The Hall–Kier alpha value is -2.08. The molecule has 7 heteroatoms. The van der Waals surface area contributed by atoms with Gasteiger partial charge in [0.2, 0.25) is 12.0 Å². The number of nitrogens with zero attached hydrogens (tertiary/aromatic N) is 1. The number of amides is 2. The summed E-state index contributed by atoms with van der Waals surface area (Å²) in [6.07, 6.45) is -0.0263.